The van der Waals surface area contributed by atoms with Gasteiger partial charge in [0.1, 0.15) is 11.6 Å². The molecule has 1 aliphatic rings. The molecule has 0 spiro atoms. The van der Waals surface area contributed by atoms with Gasteiger partial charge in [0, 0.05) is 6.04 Å². The average Bonchev–Trinajstić information content (AvgIpc) is 2.27. The van der Waals surface area contributed by atoms with Gasteiger partial charge in [-0.25, -0.2) is 9.59 Å². The van der Waals surface area contributed by atoms with Crippen LogP contribution in [0.4, 0.5) is 4.79 Å². The van der Waals surface area contributed by atoms with E-state index in [1.807, 2.05) is 34.6 Å². The van der Waals surface area contributed by atoms with Gasteiger partial charge in [0.15, 0.2) is 0 Å². The Labute approximate surface area is 121 Å². The number of hydrogen-bond acceptors (Lipinski definition) is 3. The van der Waals surface area contributed by atoms with E-state index >= 15 is 0 Å². The molecule has 2 amide bonds. The molecule has 5 nitrogen and oxygen atoms in total. The van der Waals surface area contributed by atoms with Crippen LogP contribution < -0.4 is 10.6 Å². The molecule has 2 N–H and O–H groups in total. The van der Waals surface area contributed by atoms with Crippen LogP contribution in [0.3, 0.4) is 0 Å². The van der Waals surface area contributed by atoms with Crippen LogP contribution in [0.2, 0.25) is 0 Å². The van der Waals surface area contributed by atoms with E-state index in [9.17, 15) is 9.59 Å². The summed E-state index contributed by atoms with van der Waals surface area (Å²) in [5.74, 6) is -0.326. The second-order valence-electron chi connectivity index (χ2n) is 6.64. The summed E-state index contributed by atoms with van der Waals surface area (Å²) in [5.41, 5.74) is -0.547. The Kier molecular flexibility index (Phi) is 5.84. The van der Waals surface area contributed by atoms with Crippen molar-refractivity contribution in [3.05, 3.63) is 0 Å². The van der Waals surface area contributed by atoms with Gasteiger partial charge in [0.05, 0.1) is 0 Å². The highest BCUT2D eigenvalue weighted by molar-refractivity contribution is 5.84. The third-order valence-electron chi connectivity index (χ3n) is 3.60. The van der Waals surface area contributed by atoms with Crippen molar-refractivity contribution in [3.8, 4) is 0 Å². The summed E-state index contributed by atoms with van der Waals surface area (Å²) in [5, 5.41) is 5.65. The zero-order valence-corrected chi connectivity index (χ0v) is 13.3. The third-order valence-corrected chi connectivity index (χ3v) is 3.60. The second-order valence-corrected chi connectivity index (χ2v) is 6.64. The number of nitrogens with one attached hydrogen (secondary N) is 2. The lowest BCUT2D eigenvalue weighted by molar-refractivity contribution is -0.158. The molecule has 2 atom stereocenters. The molecule has 1 aliphatic carbocycles. The summed E-state index contributed by atoms with van der Waals surface area (Å²) >= 11 is 0. The Morgan fingerprint density at radius 3 is 2.30 bits per heavy atom. The lowest BCUT2D eigenvalue weighted by Gasteiger charge is -2.30. The SMILES string of the molecule is CC[C@H](C)[C@H](NC(=O)NC1CCC1)C(=O)OC(C)(C)C. The number of carbonyl (C=O) groups is 2. The zero-order valence-electron chi connectivity index (χ0n) is 13.3. The highest BCUT2D eigenvalue weighted by Crippen LogP contribution is 2.18. The van der Waals surface area contributed by atoms with E-state index in [0.29, 0.717) is 0 Å². The van der Waals surface area contributed by atoms with Gasteiger partial charge in [-0.3, -0.25) is 0 Å². The van der Waals surface area contributed by atoms with Crippen LogP contribution in [0.1, 0.15) is 60.3 Å². The number of urea groups is 1. The molecule has 0 aliphatic heterocycles. The van der Waals surface area contributed by atoms with Crippen LogP contribution in [0.5, 0.6) is 0 Å². The van der Waals surface area contributed by atoms with Gasteiger partial charge in [-0.05, 0) is 46.0 Å². The van der Waals surface area contributed by atoms with E-state index in [1.165, 1.54) is 0 Å². The first-order valence-electron chi connectivity index (χ1n) is 7.53. The summed E-state index contributed by atoms with van der Waals surface area (Å²) in [6.07, 6.45) is 4.00. The van der Waals surface area contributed by atoms with Crippen molar-refractivity contribution in [1.82, 2.24) is 10.6 Å². The number of carbonyl (C=O) groups excluding carboxylic acids is 2. The van der Waals surface area contributed by atoms with Crippen molar-refractivity contribution >= 4 is 12.0 Å². The zero-order chi connectivity index (χ0) is 15.3. The molecule has 0 heterocycles. The molecule has 0 aromatic rings. The van der Waals surface area contributed by atoms with Gasteiger partial charge < -0.3 is 15.4 Å². The standard InChI is InChI=1S/C15H28N2O3/c1-6-10(2)12(13(18)20-15(3,4)5)17-14(19)16-11-8-7-9-11/h10-12H,6-9H2,1-5H3,(H2,16,17,19)/t10-,12-/m0/s1. The van der Waals surface area contributed by atoms with E-state index in [0.717, 1.165) is 25.7 Å². The Hall–Kier alpha value is -1.26. The number of rotatable bonds is 5. The van der Waals surface area contributed by atoms with Gasteiger partial charge in [-0.2, -0.15) is 0 Å². The molecule has 0 aromatic heterocycles. The van der Waals surface area contributed by atoms with E-state index in [2.05, 4.69) is 10.6 Å². The van der Waals surface area contributed by atoms with Crippen molar-refractivity contribution in [2.24, 2.45) is 5.92 Å². The van der Waals surface area contributed by atoms with Gasteiger partial charge >= 0.3 is 12.0 Å². The highest BCUT2D eigenvalue weighted by atomic mass is 16.6. The first kappa shape index (κ1) is 16.8. The quantitative estimate of drug-likeness (QED) is 0.763. The second kappa shape index (κ2) is 6.95. The first-order valence-corrected chi connectivity index (χ1v) is 7.53. The lowest BCUT2D eigenvalue weighted by atomic mass is 9.93. The molecule has 1 saturated carbocycles. The number of hydrogen-bond donors (Lipinski definition) is 2. The average molecular weight is 284 g/mol. The molecule has 0 aromatic carbocycles. The van der Waals surface area contributed by atoms with Crippen LogP contribution in [0.15, 0.2) is 0 Å². The number of ether oxygens (including phenoxy) is 1. The fourth-order valence-corrected chi connectivity index (χ4v) is 1.96. The molecule has 0 bridgehead atoms. The van der Waals surface area contributed by atoms with Crippen LogP contribution in [-0.4, -0.2) is 29.7 Å². The molecule has 5 heteroatoms. The maximum atomic E-state index is 12.2. The van der Waals surface area contributed by atoms with Gasteiger partial charge in [0.2, 0.25) is 0 Å². The molecule has 20 heavy (non-hydrogen) atoms. The molecular formula is C15H28N2O3. The summed E-state index contributed by atoms with van der Waals surface area (Å²) < 4.78 is 5.39. The predicted molar refractivity (Wildman–Crippen MR) is 78.4 cm³/mol. The topological polar surface area (TPSA) is 67.4 Å². The Morgan fingerprint density at radius 2 is 1.90 bits per heavy atom. The molecule has 0 unspecified atom stereocenters. The largest absolute Gasteiger partial charge is 0.458 e. The van der Waals surface area contributed by atoms with Crippen molar-refractivity contribution in [2.45, 2.75) is 78.0 Å². The number of esters is 1. The van der Waals surface area contributed by atoms with Crippen LogP contribution >= 0.6 is 0 Å². The van der Waals surface area contributed by atoms with Gasteiger partial charge in [0.25, 0.3) is 0 Å². The van der Waals surface area contributed by atoms with Crippen LogP contribution in [-0.2, 0) is 9.53 Å². The molecule has 0 radical (unpaired) electrons. The van der Waals surface area contributed by atoms with Crippen molar-refractivity contribution in [3.63, 3.8) is 0 Å². The molecular weight excluding hydrogens is 256 g/mol. The van der Waals surface area contributed by atoms with Crippen molar-refractivity contribution in [2.75, 3.05) is 0 Å². The summed E-state index contributed by atoms with van der Waals surface area (Å²) in [7, 11) is 0. The van der Waals surface area contributed by atoms with Crippen molar-refractivity contribution in [1.29, 1.82) is 0 Å². The fourth-order valence-electron chi connectivity index (χ4n) is 1.96. The van der Waals surface area contributed by atoms with E-state index < -0.39 is 11.6 Å². The van der Waals surface area contributed by atoms with Crippen molar-refractivity contribution < 1.29 is 14.3 Å². The minimum Gasteiger partial charge on any atom is -0.458 e. The lowest BCUT2D eigenvalue weighted by Crippen LogP contribution is -2.53. The minimum absolute atomic E-state index is 0.0389. The Balaban J connectivity index is 2.58. The molecule has 1 rings (SSSR count). The van der Waals surface area contributed by atoms with E-state index in [-0.39, 0.29) is 24.0 Å². The minimum atomic E-state index is -0.598. The van der Waals surface area contributed by atoms with Gasteiger partial charge in [-0.15, -0.1) is 0 Å². The summed E-state index contributed by atoms with van der Waals surface area (Å²) in [4.78, 5) is 24.1. The number of amides is 2. The first-order chi connectivity index (χ1) is 9.23. The maximum absolute atomic E-state index is 12.2. The highest BCUT2D eigenvalue weighted by Gasteiger charge is 2.31. The van der Waals surface area contributed by atoms with E-state index in [1.54, 1.807) is 0 Å². The normalized spacial score (nSPS) is 18.6. The maximum Gasteiger partial charge on any atom is 0.329 e. The third kappa shape index (κ3) is 5.39. The molecule has 1 fully saturated rings. The predicted octanol–water partition coefficient (Wildman–Crippen LogP) is 2.59. The fraction of sp³-hybridized carbons (Fsp3) is 0.867. The van der Waals surface area contributed by atoms with Crippen LogP contribution in [0.25, 0.3) is 0 Å². The Bertz CT molecular complexity index is 346. The monoisotopic (exact) mass is 284 g/mol. The molecule has 0 saturated heterocycles. The van der Waals surface area contributed by atoms with Crippen LogP contribution in [0, 0.1) is 5.92 Å². The van der Waals surface area contributed by atoms with Gasteiger partial charge in [-0.1, -0.05) is 20.3 Å². The summed E-state index contributed by atoms with van der Waals surface area (Å²) in [6.45, 7) is 9.42. The Morgan fingerprint density at radius 1 is 1.30 bits per heavy atom. The summed E-state index contributed by atoms with van der Waals surface area (Å²) in [6, 6.07) is -0.614. The van der Waals surface area contributed by atoms with E-state index in [4.69, 9.17) is 4.74 Å². The smallest absolute Gasteiger partial charge is 0.329 e. The molecule has 116 valence electrons.